The molecule has 234 valence electrons. The molecule has 46 heavy (non-hydrogen) atoms. The number of H-pyrrole nitrogens is 1. The Morgan fingerprint density at radius 2 is 1.74 bits per heavy atom. The minimum atomic E-state index is -0.432. The number of aromatic amines is 1. The molecule has 2 aliphatic carbocycles. The number of ether oxygens (including phenoxy) is 2. The van der Waals surface area contributed by atoms with E-state index >= 15 is 0 Å². The minimum Gasteiger partial charge on any atom is -0.497 e. The van der Waals surface area contributed by atoms with Crippen LogP contribution in [0.3, 0.4) is 0 Å². The first-order chi connectivity index (χ1) is 22.3. The molecule has 4 aromatic rings. The lowest BCUT2D eigenvalue weighted by molar-refractivity contribution is -0.123. The molecule has 2 saturated carbocycles. The largest absolute Gasteiger partial charge is 0.497 e. The van der Waals surface area contributed by atoms with Crippen molar-refractivity contribution in [3.63, 3.8) is 0 Å². The van der Waals surface area contributed by atoms with E-state index in [0.29, 0.717) is 27.9 Å². The Hall–Kier alpha value is -4.06. The van der Waals surface area contributed by atoms with Gasteiger partial charge >= 0.3 is 4.87 Å². The van der Waals surface area contributed by atoms with Gasteiger partial charge in [-0.25, -0.2) is 0 Å². The van der Waals surface area contributed by atoms with E-state index in [9.17, 15) is 19.2 Å². The number of halogens is 1. The first-order valence-electron chi connectivity index (χ1n) is 15.0. The van der Waals surface area contributed by atoms with Gasteiger partial charge in [0.15, 0.2) is 6.61 Å². The highest BCUT2D eigenvalue weighted by Crippen LogP contribution is 2.69. The average molecular weight is 674 g/mol. The fourth-order valence-electron chi connectivity index (χ4n) is 8.11. The number of para-hydroxylation sites is 1. The van der Waals surface area contributed by atoms with Gasteiger partial charge in [0.25, 0.3) is 5.91 Å². The van der Waals surface area contributed by atoms with Gasteiger partial charge in [0.2, 0.25) is 11.8 Å². The molecule has 1 aromatic heterocycles. The van der Waals surface area contributed by atoms with Crippen molar-refractivity contribution in [2.45, 2.75) is 22.6 Å². The van der Waals surface area contributed by atoms with Crippen molar-refractivity contribution in [3.05, 3.63) is 97.9 Å². The van der Waals surface area contributed by atoms with E-state index < -0.39 is 11.8 Å². The number of thiazole rings is 1. The fraction of sp³-hybridized carbons (Fsp3) is 0.294. The van der Waals surface area contributed by atoms with Crippen LogP contribution in [0.15, 0.2) is 82.6 Å². The summed E-state index contributed by atoms with van der Waals surface area (Å²) in [5, 5.41) is 4.12. The Kier molecular flexibility index (Phi) is 7.23. The van der Waals surface area contributed by atoms with Crippen LogP contribution in [0, 0.1) is 29.6 Å². The third-order valence-electron chi connectivity index (χ3n) is 9.78. The normalized spacial score (nSPS) is 27.3. The van der Waals surface area contributed by atoms with Gasteiger partial charge < -0.3 is 19.8 Å². The van der Waals surface area contributed by atoms with Crippen LogP contribution in [-0.2, 0) is 14.4 Å². The highest BCUT2D eigenvalue weighted by atomic mass is 35.5. The second-order valence-corrected chi connectivity index (χ2v) is 14.7. The maximum atomic E-state index is 14.0. The van der Waals surface area contributed by atoms with Gasteiger partial charge in [-0.2, -0.15) is 0 Å². The number of nitrogens with zero attached hydrogens (tertiary/aromatic N) is 1. The molecule has 0 spiro atoms. The molecule has 8 rings (SSSR count). The third kappa shape index (κ3) is 4.66. The highest BCUT2D eigenvalue weighted by molar-refractivity contribution is 8.00. The number of carbonyl (C=O) groups is 3. The smallest absolute Gasteiger partial charge is 0.305 e. The summed E-state index contributed by atoms with van der Waals surface area (Å²) in [6, 6.07) is 21.4. The van der Waals surface area contributed by atoms with Gasteiger partial charge in [-0.1, -0.05) is 41.1 Å². The lowest BCUT2D eigenvalue weighted by Gasteiger charge is -2.43. The van der Waals surface area contributed by atoms with Crippen molar-refractivity contribution in [1.29, 1.82) is 0 Å². The molecule has 1 saturated heterocycles. The topological polar surface area (TPSA) is 118 Å². The second kappa shape index (κ2) is 11.3. The summed E-state index contributed by atoms with van der Waals surface area (Å²) in [6.45, 7) is -0.248. The van der Waals surface area contributed by atoms with Crippen molar-refractivity contribution in [2.75, 3.05) is 23.9 Å². The summed E-state index contributed by atoms with van der Waals surface area (Å²) < 4.78 is 11.3. The van der Waals surface area contributed by atoms with Crippen molar-refractivity contribution in [2.24, 2.45) is 29.6 Å². The Morgan fingerprint density at radius 3 is 2.48 bits per heavy atom. The Bertz CT molecular complexity index is 1930. The van der Waals surface area contributed by atoms with Crippen molar-refractivity contribution >= 4 is 63.8 Å². The van der Waals surface area contributed by atoms with Crippen molar-refractivity contribution in [3.8, 4) is 11.5 Å². The summed E-state index contributed by atoms with van der Waals surface area (Å²) in [5.74, 6) is -0.737. The molecule has 3 heterocycles. The molecule has 2 bridgehead atoms. The first kappa shape index (κ1) is 29.3. The number of aromatic nitrogens is 1. The van der Waals surface area contributed by atoms with Gasteiger partial charge in [0, 0.05) is 32.3 Å². The molecule has 0 radical (unpaired) electrons. The summed E-state index contributed by atoms with van der Waals surface area (Å²) in [7, 11) is 1.58. The number of hydrogen-bond acceptors (Lipinski definition) is 8. The van der Waals surface area contributed by atoms with Crippen molar-refractivity contribution in [1.82, 2.24) is 4.98 Å². The van der Waals surface area contributed by atoms with E-state index in [4.69, 9.17) is 21.1 Å². The molecule has 2 aliphatic heterocycles. The molecule has 9 nitrogen and oxygen atoms in total. The molecule has 2 N–H and O–H groups in total. The molecule has 7 atom stereocenters. The number of anilines is 2. The number of carbonyl (C=O) groups excluding carboxylic acids is 3. The first-order valence-corrected chi connectivity index (χ1v) is 17.1. The fourth-order valence-corrected chi connectivity index (χ4v) is 11.2. The van der Waals surface area contributed by atoms with Gasteiger partial charge in [-0.05, 0) is 78.8 Å². The standard InChI is InChI=1S/C34H28ClN3O6S2/c1-43-19-10-8-17(9-11-19)36-24(39)15-44-23-12-7-16(35)13-20(23)25-26-21-14-22(29(26)45-31-30(25)46-34(42)37-31)28-27(21)32(40)38(33(28)41)18-5-3-2-4-6-18/h2-13,21-22,25-29H,14-15H2,1H3,(H,36,39)(H,37,42)/t21-,22-,25-,26?,27?,28?,29?/m1/s1. The number of imide groups is 1. The van der Waals surface area contributed by atoms with E-state index in [1.807, 2.05) is 24.3 Å². The van der Waals surface area contributed by atoms with Gasteiger partial charge in [-0.3, -0.25) is 24.1 Å². The van der Waals surface area contributed by atoms with E-state index in [1.54, 1.807) is 67.4 Å². The van der Waals surface area contributed by atoms with Gasteiger partial charge in [-0.15, -0.1) is 11.8 Å². The van der Waals surface area contributed by atoms with E-state index in [-0.39, 0.29) is 58.1 Å². The zero-order chi connectivity index (χ0) is 31.7. The summed E-state index contributed by atoms with van der Waals surface area (Å²) in [4.78, 5) is 58.6. The van der Waals surface area contributed by atoms with E-state index in [2.05, 4.69) is 10.3 Å². The van der Waals surface area contributed by atoms with Gasteiger partial charge in [0.05, 0.1) is 29.7 Å². The number of thioether (sulfide) groups is 1. The zero-order valence-electron chi connectivity index (χ0n) is 24.5. The van der Waals surface area contributed by atoms with Crippen LogP contribution in [-0.4, -0.2) is 41.7 Å². The maximum absolute atomic E-state index is 14.0. The number of hydrogen-bond donors (Lipinski definition) is 2. The molecule has 12 heteroatoms. The minimum absolute atomic E-state index is 0.00618. The van der Waals surface area contributed by atoms with Crippen LogP contribution >= 0.6 is 34.7 Å². The van der Waals surface area contributed by atoms with E-state index in [1.165, 1.54) is 4.90 Å². The maximum Gasteiger partial charge on any atom is 0.305 e. The third-order valence-corrected chi connectivity index (χ3v) is 12.6. The van der Waals surface area contributed by atoms with Crippen molar-refractivity contribution < 1.29 is 23.9 Å². The monoisotopic (exact) mass is 673 g/mol. The van der Waals surface area contributed by atoms with Crippen LogP contribution in [0.25, 0.3) is 0 Å². The number of amides is 3. The molecule has 4 unspecified atom stereocenters. The number of rotatable bonds is 7. The molecular formula is C34H28ClN3O6S2. The summed E-state index contributed by atoms with van der Waals surface area (Å²) in [6.07, 6.45) is 0.758. The lowest BCUT2D eigenvalue weighted by Crippen LogP contribution is -2.42. The zero-order valence-corrected chi connectivity index (χ0v) is 26.9. The SMILES string of the molecule is COc1ccc(NC(=O)COc2ccc(Cl)cc2[C@H]2c3sc(=O)[nH]c3SC3C2[C@H]2C[C@@H]3C3C(=O)N(c4ccccc4)C(=O)C32)cc1. The van der Waals surface area contributed by atoms with Gasteiger partial charge in [0.1, 0.15) is 11.5 Å². The Morgan fingerprint density at radius 1 is 1.00 bits per heavy atom. The van der Waals surface area contributed by atoms with Crippen LogP contribution < -0.4 is 24.6 Å². The number of benzene rings is 3. The summed E-state index contributed by atoms with van der Waals surface area (Å²) in [5.41, 5.74) is 1.97. The Labute approximate surface area is 277 Å². The molecule has 3 aromatic carbocycles. The van der Waals surface area contributed by atoms with E-state index in [0.717, 1.165) is 33.2 Å². The molecule has 3 amide bonds. The molecule has 3 fully saturated rings. The summed E-state index contributed by atoms with van der Waals surface area (Å²) >= 11 is 9.35. The van der Waals surface area contributed by atoms with Crippen LogP contribution in [0.1, 0.15) is 22.8 Å². The number of fused-ring (bicyclic) bond motifs is 9. The average Bonchev–Trinajstić information content (AvgIpc) is 3.80. The molecule has 4 aliphatic rings. The molecular weight excluding hydrogens is 646 g/mol. The van der Waals surface area contributed by atoms with Crippen LogP contribution in [0.2, 0.25) is 5.02 Å². The second-order valence-electron chi connectivity index (χ2n) is 12.1. The highest BCUT2D eigenvalue weighted by Gasteiger charge is 2.69. The predicted molar refractivity (Wildman–Crippen MR) is 176 cm³/mol. The predicted octanol–water partition coefficient (Wildman–Crippen LogP) is 5.79. The number of nitrogens with one attached hydrogen (secondary N) is 2. The number of methoxy groups -OCH3 is 1. The quantitative estimate of drug-likeness (QED) is 0.238. The van der Waals surface area contributed by atoms with Crippen LogP contribution in [0.4, 0.5) is 11.4 Å². The Balaban J connectivity index is 1.13. The lowest BCUT2D eigenvalue weighted by atomic mass is 9.68. The van der Waals surface area contributed by atoms with Crippen LogP contribution in [0.5, 0.6) is 11.5 Å².